The molecule has 0 aliphatic rings. The minimum Gasteiger partial charge on any atom is -0.449 e. The number of carbonyl (C=O) groups excluding carboxylic acids is 2. The minimum atomic E-state index is -0.841. The van der Waals surface area contributed by atoms with Crippen LogP contribution in [0.4, 0.5) is 4.39 Å². The lowest BCUT2D eigenvalue weighted by atomic mass is 10.2. The Morgan fingerprint density at radius 1 is 1.35 bits per heavy atom. The molecule has 1 rings (SSSR count). The molecular formula is C15H18FNO3. The van der Waals surface area contributed by atoms with Gasteiger partial charge in [0.25, 0.3) is 5.91 Å². The van der Waals surface area contributed by atoms with E-state index in [0.29, 0.717) is 12.1 Å². The molecule has 0 aliphatic carbocycles. The van der Waals surface area contributed by atoms with E-state index in [1.807, 2.05) is 6.92 Å². The van der Waals surface area contributed by atoms with Crippen LogP contribution in [-0.4, -0.2) is 24.5 Å². The highest BCUT2D eigenvalue weighted by atomic mass is 19.1. The van der Waals surface area contributed by atoms with Crippen LogP contribution in [0.3, 0.4) is 0 Å². The first-order chi connectivity index (χ1) is 9.52. The lowest BCUT2D eigenvalue weighted by molar-refractivity contribution is -0.150. The normalized spacial score (nSPS) is 12.2. The summed E-state index contributed by atoms with van der Waals surface area (Å²) in [5, 5.41) is 2.64. The first-order valence-electron chi connectivity index (χ1n) is 6.45. The third-order valence-corrected chi connectivity index (χ3v) is 2.49. The highest BCUT2D eigenvalue weighted by Gasteiger charge is 2.15. The minimum absolute atomic E-state index is 0.324. The molecule has 0 radical (unpaired) electrons. The van der Waals surface area contributed by atoms with Crippen molar-refractivity contribution in [1.82, 2.24) is 5.32 Å². The van der Waals surface area contributed by atoms with Crippen molar-refractivity contribution in [2.45, 2.75) is 26.4 Å². The Bertz CT molecular complexity index is 482. The number of carbonyl (C=O) groups is 2. The van der Waals surface area contributed by atoms with Gasteiger partial charge in [-0.15, -0.1) is 0 Å². The van der Waals surface area contributed by atoms with E-state index < -0.39 is 12.1 Å². The van der Waals surface area contributed by atoms with E-state index in [4.69, 9.17) is 4.74 Å². The molecule has 1 aromatic rings. The van der Waals surface area contributed by atoms with Gasteiger partial charge in [-0.25, -0.2) is 9.18 Å². The lowest BCUT2D eigenvalue weighted by Gasteiger charge is -2.11. The maximum absolute atomic E-state index is 12.7. The Balaban J connectivity index is 2.46. The summed E-state index contributed by atoms with van der Waals surface area (Å²) >= 11 is 0. The molecular weight excluding hydrogens is 261 g/mol. The summed E-state index contributed by atoms with van der Waals surface area (Å²) in [6.45, 7) is 3.99. The van der Waals surface area contributed by atoms with Crippen LogP contribution in [0.15, 0.2) is 30.3 Å². The molecule has 1 N–H and O–H groups in total. The van der Waals surface area contributed by atoms with Crippen molar-refractivity contribution in [2.24, 2.45) is 0 Å². The fourth-order valence-corrected chi connectivity index (χ4v) is 1.40. The van der Waals surface area contributed by atoms with Crippen LogP contribution in [0, 0.1) is 5.82 Å². The van der Waals surface area contributed by atoms with Gasteiger partial charge in [0.15, 0.2) is 6.10 Å². The van der Waals surface area contributed by atoms with Crippen LogP contribution in [0.1, 0.15) is 25.8 Å². The molecule has 1 atom stereocenters. The molecule has 108 valence electrons. The number of hydrogen-bond donors (Lipinski definition) is 1. The standard InChI is InChI=1S/C15H18FNO3/c1-3-10-17-15(19)11(2)20-14(18)9-6-12-4-7-13(16)8-5-12/h4-9,11H,3,10H2,1-2H3,(H,17,19)/b9-6+. The van der Waals surface area contributed by atoms with E-state index >= 15 is 0 Å². The number of rotatable bonds is 6. The Hall–Kier alpha value is -2.17. The SMILES string of the molecule is CCCNC(=O)C(C)OC(=O)/C=C/c1ccc(F)cc1. The van der Waals surface area contributed by atoms with Crippen LogP contribution in [0.25, 0.3) is 6.08 Å². The van der Waals surface area contributed by atoms with E-state index in [1.165, 1.54) is 43.3 Å². The van der Waals surface area contributed by atoms with E-state index in [0.717, 1.165) is 6.42 Å². The van der Waals surface area contributed by atoms with E-state index in [1.54, 1.807) is 0 Å². The molecule has 1 aromatic carbocycles. The van der Waals surface area contributed by atoms with E-state index in [9.17, 15) is 14.0 Å². The molecule has 1 unspecified atom stereocenters. The molecule has 0 saturated carbocycles. The summed E-state index contributed by atoms with van der Waals surface area (Å²) in [4.78, 5) is 23.0. The van der Waals surface area contributed by atoms with Gasteiger partial charge in [-0.2, -0.15) is 0 Å². The number of amides is 1. The topological polar surface area (TPSA) is 55.4 Å². The molecule has 5 heteroatoms. The quantitative estimate of drug-likeness (QED) is 0.642. The maximum atomic E-state index is 12.7. The zero-order chi connectivity index (χ0) is 15.0. The molecule has 0 aromatic heterocycles. The van der Waals surface area contributed by atoms with Crippen molar-refractivity contribution in [1.29, 1.82) is 0 Å². The van der Waals surface area contributed by atoms with Crippen molar-refractivity contribution in [3.8, 4) is 0 Å². The van der Waals surface area contributed by atoms with Crippen molar-refractivity contribution in [3.63, 3.8) is 0 Å². The van der Waals surface area contributed by atoms with Crippen LogP contribution in [0.2, 0.25) is 0 Å². The predicted octanol–water partition coefficient (Wildman–Crippen LogP) is 2.30. The zero-order valence-electron chi connectivity index (χ0n) is 11.6. The third-order valence-electron chi connectivity index (χ3n) is 2.49. The number of hydrogen-bond acceptors (Lipinski definition) is 3. The molecule has 1 amide bonds. The summed E-state index contributed by atoms with van der Waals surface area (Å²) in [5.74, 6) is -1.28. The molecule has 4 nitrogen and oxygen atoms in total. The molecule has 0 spiro atoms. The fraction of sp³-hybridized carbons (Fsp3) is 0.333. The molecule has 0 bridgehead atoms. The fourth-order valence-electron chi connectivity index (χ4n) is 1.40. The summed E-state index contributed by atoms with van der Waals surface area (Å²) in [6.07, 6.45) is 2.68. The average molecular weight is 279 g/mol. The molecule has 0 heterocycles. The van der Waals surface area contributed by atoms with E-state index in [2.05, 4.69) is 5.32 Å². The van der Waals surface area contributed by atoms with Gasteiger partial charge in [0.05, 0.1) is 0 Å². The summed E-state index contributed by atoms with van der Waals surface area (Å²) in [6, 6.07) is 5.67. The molecule has 0 saturated heterocycles. The first kappa shape index (κ1) is 15.9. The summed E-state index contributed by atoms with van der Waals surface area (Å²) in [5.41, 5.74) is 0.673. The smallest absolute Gasteiger partial charge is 0.331 e. The highest BCUT2D eigenvalue weighted by molar-refractivity contribution is 5.90. The second-order valence-corrected chi connectivity index (χ2v) is 4.26. The number of ether oxygens (including phenoxy) is 1. The van der Waals surface area contributed by atoms with Gasteiger partial charge in [0, 0.05) is 12.6 Å². The van der Waals surface area contributed by atoms with Crippen LogP contribution >= 0.6 is 0 Å². The maximum Gasteiger partial charge on any atom is 0.331 e. The molecule has 0 aliphatic heterocycles. The Morgan fingerprint density at radius 2 is 2.00 bits per heavy atom. The Kier molecular flexibility index (Phi) is 6.43. The van der Waals surface area contributed by atoms with Gasteiger partial charge in [-0.05, 0) is 37.1 Å². The zero-order valence-corrected chi connectivity index (χ0v) is 11.6. The van der Waals surface area contributed by atoms with Gasteiger partial charge in [-0.3, -0.25) is 4.79 Å². The largest absolute Gasteiger partial charge is 0.449 e. The second-order valence-electron chi connectivity index (χ2n) is 4.26. The predicted molar refractivity (Wildman–Crippen MR) is 74.3 cm³/mol. The first-order valence-corrected chi connectivity index (χ1v) is 6.45. The number of benzene rings is 1. The Labute approximate surface area is 117 Å². The van der Waals surface area contributed by atoms with Crippen molar-refractivity contribution >= 4 is 18.0 Å². The van der Waals surface area contributed by atoms with Gasteiger partial charge in [0.2, 0.25) is 0 Å². The van der Waals surface area contributed by atoms with Crippen LogP contribution in [0.5, 0.6) is 0 Å². The lowest BCUT2D eigenvalue weighted by Crippen LogP contribution is -2.35. The van der Waals surface area contributed by atoms with Crippen LogP contribution in [-0.2, 0) is 14.3 Å². The van der Waals surface area contributed by atoms with Gasteiger partial charge < -0.3 is 10.1 Å². The Morgan fingerprint density at radius 3 is 2.60 bits per heavy atom. The third kappa shape index (κ3) is 5.65. The van der Waals surface area contributed by atoms with Gasteiger partial charge in [0.1, 0.15) is 5.82 Å². The van der Waals surface area contributed by atoms with Crippen LogP contribution < -0.4 is 5.32 Å². The number of esters is 1. The van der Waals surface area contributed by atoms with E-state index in [-0.39, 0.29) is 11.7 Å². The second kappa shape index (κ2) is 8.09. The highest BCUT2D eigenvalue weighted by Crippen LogP contribution is 2.05. The average Bonchev–Trinajstić information content (AvgIpc) is 2.44. The number of halogens is 1. The van der Waals surface area contributed by atoms with Crippen molar-refractivity contribution < 1.29 is 18.7 Å². The van der Waals surface area contributed by atoms with Gasteiger partial charge in [-0.1, -0.05) is 19.1 Å². The number of nitrogens with one attached hydrogen (secondary N) is 1. The van der Waals surface area contributed by atoms with Gasteiger partial charge >= 0.3 is 5.97 Å². The summed E-state index contributed by atoms with van der Waals surface area (Å²) < 4.78 is 17.6. The molecule has 20 heavy (non-hydrogen) atoms. The molecule has 0 fully saturated rings. The van der Waals surface area contributed by atoms with Crippen molar-refractivity contribution in [2.75, 3.05) is 6.54 Å². The van der Waals surface area contributed by atoms with Crippen molar-refractivity contribution in [3.05, 3.63) is 41.7 Å². The summed E-state index contributed by atoms with van der Waals surface area (Å²) in [7, 11) is 0. The monoisotopic (exact) mass is 279 g/mol.